The maximum absolute atomic E-state index is 13.8. The highest BCUT2D eigenvalue weighted by Gasteiger charge is 2.19. The molecule has 0 bridgehead atoms. The Bertz CT molecular complexity index is 1310. The molecule has 4 rings (SSSR count). The second-order valence-electron chi connectivity index (χ2n) is 7.72. The molecule has 1 amide bonds. The molecule has 1 aromatic heterocycles. The first-order valence-corrected chi connectivity index (χ1v) is 11.9. The molecule has 4 aromatic rings. The average molecular weight is 459 g/mol. The minimum Gasteiger partial charge on any atom is -0.332 e. The predicted molar refractivity (Wildman–Crippen MR) is 129 cm³/mol. The number of imidazole rings is 1. The molecular weight excluding hydrogens is 435 g/mol. The van der Waals surface area contributed by atoms with Crippen molar-refractivity contribution in [2.45, 2.75) is 25.4 Å². The van der Waals surface area contributed by atoms with Crippen LogP contribution in [0.1, 0.15) is 22.5 Å². The molecule has 0 radical (unpaired) electrons. The lowest BCUT2D eigenvalue weighted by Gasteiger charge is -2.24. The number of benzene rings is 3. The Hall–Kier alpha value is -3.63. The van der Waals surface area contributed by atoms with Gasteiger partial charge in [-0.3, -0.25) is 4.79 Å². The number of fused-ring (bicyclic) bond motifs is 1. The third-order valence-electron chi connectivity index (χ3n) is 5.37. The molecular formula is C26H23FN4OS. The van der Waals surface area contributed by atoms with E-state index in [-0.39, 0.29) is 24.8 Å². The molecule has 0 atom stereocenters. The van der Waals surface area contributed by atoms with Crippen LogP contribution < -0.4 is 0 Å². The fourth-order valence-electron chi connectivity index (χ4n) is 3.77. The summed E-state index contributed by atoms with van der Waals surface area (Å²) in [6.07, 6.45) is 2.01. The number of halogens is 1. The van der Waals surface area contributed by atoms with Crippen LogP contribution in [0.2, 0.25) is 0 Å². The molecule has 3 aromatic carbocycles. The lowest BCUT2D eigenvalue weighted by molar-refractivity contribution is -0.133. The molecule has 0 unspecified atom stereocenters. The Morgan fingerprint density at radius 2 is 1.82 bits per heavy atom. The fraction of sp³-hybridized carbons (Fsp3) is 0.192. The van der Waals surface area contributed by atoms with E-state index in [0.29, 0.717) is 17.9 Å². The summed E-state index contributed by atoms with van der Waals surface area (Å²) in [5.74, 6) is 1.12. The molecule has 166 valence electrons. The summed E-state index contributed by atoms with van der Waals surface area (Å²) in [7, 11) is 0. The van der Waals surface area contributed by atoms with Crippen LogP contribution in [0.3, 0.4) is 0 Å². The number of aromatic nitrogens is 2. The zero-order chi connectivity index (χ0) is 23.2. The molecule has 0 aliphatic heterocycles. The van der Waals surface area contributed by atoms with Crippen molar-refractivity contribution in [2.75, 3.05) is 6.26 Å². The van der Waals surface area contributed by atoms with Crippen LogP contribution in [0.4, 0.5) is 4.39 Å². The van der Waals surface area contributed by atoms with Gasteiger partial charge in [0.15, 0.2) is 0 Å². The van der Waals surface area contributed by atoms with Gasteiger partial charge < -0.3 is 9.47 Å². The Balaban J connectivity index is 1.64. The van der Waals surface area contributed by atoms with E-state index in [1.54, 1.807) is 34.9 Å². The molecule has 0 N–H and O–H groups in total. The molecule has 0 saturated heterocycles. The van der Waals surface area contributed by atoms with Gasteiger partial charge in [0.05, 0.1) is 28.4 Å². The Morgan fingerprint density at radius 3 is 2.55 bits per heavy atom. The van der Waals surface area contributed by atoms with Crippen LogP contribution in [0.5, 0.6) is 0 Å². The van der Waals surface area contributed by atoms with Crippen LogP contribution in [0.15, 0.2) is 72.8 Å². The second kappa shape index (κ2) is 10.3. The molecule has 0 fully saturated rings. The van der Waals surface area contributed by atoms with Gasteiger partial charge >= 0.3 is 0 Å². The molecule has 5 nitrogen and oxygen atoms in total. The third kappa shape index (κ3) is 5.41. The summed E-state index contributed by atoms with van der Waals surface area (Å²) >= 11 is 1.65. The van der Waals surface area contributed by atoms with Gasteiger partial charge in [0.1, 0.15) is 18.2 Å². The van der Waals surface area contributed by atoms with Crippen molar-refractivity contribution in [3.05, 3.63) is 101 Å². The minimum absolute atomic E-state index is 0.0888. The van der Waals surface area contributed by atoms with Gasteiger partial charge in [-0.05, 0) is 53.8 Å². The minimum atomic E-state index is -0.332. The number of hydrogen-bond donors (Lipinski definition) is 0. The summed E-state index contributed by atoms with van der Waals surface area (Å²) in [6.45, 7) is 0.772. The van der Waals surface area contributed by atoms with Crippen LogP contribution in [0.25, 0.3) is 11.0 Å². The number of rotatable bonds is 8. The van der Waals surface area contributed by atoms with Gasteiger partial charge in [0.2, 0.25) is 5.91 Å². The first-order chi connectivity index (χ1) is 16.1. The van der Waals surface area contributed by atoms with Crippen molar-refractivity contribution in [1.29, 1.82) is 5.26 Å². The monoisotopic (exact) mass is 458 g/mol. The SMILES string of the molecule is CSCc1nc2ccccc2n1CC(=O)N(Cc1ccc(C#N)cc1)Cc1cccc(F)c1. The summed E-state index contributed by atoms with van der Waals surface area (Å²) in [6, 6.07) is 23.4. The van der Waals surface area contributed by atoms with E-state index in [1.807, 2.05) is 53.3 Å². The lowest BCUT2D eigenvalue weighted by Crippen LogP contribution is -2.33. The summed E-state index contributed by atoms with van der Waals surface area (Å²) in [5.41, 5.74) is 3.96. The number of hydrogen-bond acceptors (Lipinski definition) is 4. The molecule has 33 heavy (non-hydrogen) atoms. The van der Waals surface area contributed by atoms with Crippen molar-refractivity contribution in [1.82, 2.24) is 14.5 Å². The van der Waals surface area contributed by atoms with Crippen molar-refractivity contribution < 1.29 is 9.18 Å². The number of carbonyl (C=O) groups is 1. The highest BCUT2D eigenvalue weighted by atomic mass is 32.2. The zero-order valence-electron chi connectivity index (χ0n) is 18.2. The molecule has 0 aliphatic rings. The predicted octanol–water partition coefficient (Wildman–Crippen LogP) is 5.14. The van der Waals surface area contributed by atoms with E-state index in [0.717, 1.165) is 28.0 Å². The van der Waals surface area contributed by atoms with Crippen molar-refractivity contribution in [3.63, 3.8) is 0 Å². The van der Waals surface area contributed by atoms with Crippen molar-refractivity contribution in [2.24, 2.45) is 0 Å². The quantitative estimate of drug-likeness (QED) is 0.367. The number of para-hydroxylation sites is 2. The number of amides is 1. The Morgan fingerprint density at radius 1 is 1.06 bits per heavy atom. The van der Waals surface area contributed by atoms with E-state index in [4.69, 9.17) is 10.2 Å². The average Bonchev–Trinajstić information content (AvgIpc) is 3.16. The van der Waals surface area contributed by atoms with Gasteiger partial charge in [-0.1, -0.05) is 36.4 Å². The molecule has 1 heterocycles. The standard InChI is InChI=1S/C26H23FN4OS/c1-33-18-25-29-23-7-2-3-8-24(23)31(25)17-26(32)30(16-21-5-4-6-22(27)13-21)15-20-11-9-19(14-28)10-12-20/h2-13H,15-18H2,1H3. The highest BCUT2D eigenvalue weighted by Crippen LogP contribution is 2.20. The maximum atomic E-state index is 13.8. The van der Waals surface area contributed by atoms with Gasteiger partial charge in [0.25, 0.3) is 0 Å². The Kier molecular flexibility index (Phi) is 7.06. The molecule has 0 aliphatic carbocycles. The summed E-state index contributed by atoms with van der Waals surface area (Å²) < 4.78 is 15.8. The van der Waals surface area contributed by atoms with E-state index in [2.05, 4.69) is 6.07 Å². The first-order valence-electron chi connectivity index (χ1n) is 10.5. The van der Waals surface area contributed by atoms with E-state index in [9.17, 15) is 9.18 Å². The first kappa shape index (κ1) is 22.6. The third-order valence-corrected chi connectivity index (χ3v) is 5.92. The van der Waals surface area contributed by atoms with Gasteiger partial charge in [-0.2, -0.15) is 17.0 Å². The number of thioether (sulfide) groups is 1. The van der Waals surface area contributed by atoms with Crippen molar-refractivity contribution >= 4 is 28.7 Å². The molecule has 0 spiro atoms. The topological polar surface area (TPSA) is 61.9 Å². The van der Waals surface area contributed by atoms with E-state index in [1.165, 1.54) is 12.1 Å². The highest BCUT2D eigenvalue weighted by molar-refractivity contribution is 7.97. The van der Waals surface area contributed by atoms with E-state index >= 15 is 0 Å². The summed E-state index contributed by atoms with van der Waals surface area (Å²) in [5, 5.41) is 9.06. The number of nitrogens with zero attached hydrogens (tertiary/aromatic N) is 4. The smallest absolute Gasteiger partial charge is 0.243 e. The number of carbonyl (C=O) groups excluding carboxylic acids is 1. The van der Waals surface area contributed by atoms with Crippen LogP contribution in [-0.4, -0.2) is 26.6 Å². The van der Waals surface area contributed by atoms with E-state index < -0.39 is 0 Å². The molecule has 7 heteroatoms. The fourth-order valence-corrected chi connectivity index (χ4v) is 4.25. The maximum Gasteiger partial charge on any atom is 0.243 e. The van der Waals surface area contributed by atoms with Gasteiger partial charge in [-0.15, -0.1) is 0 Å². The second-order valence-corrected chi connectivity index (χ2v) is 8.59. The van der Waals surface area contributed by atoms with Crippen molar-refractivity contribution in [3.8, 4) is 6.07 Å². The lowest BCUT2D eigenvalue weighted by atomic mass is 10.1. The normalized spacial score (nSPS) is 10.8. The zero-order valence-corrected chi connectivity index (χ0v) is 19.1. The van der Waals surface area contributed by atoms with Gasteiger partial charge in [-0.25, -0.2) is 9.37 Å². The summed E-state index contributed by atoms with van der Waals surface area (Å²) in [4.78, 5) is 20.0. The Labute approximate surface area is 196 Å². The van der Waals surface area contributed by atoms with Crippen LogP contribution >= 0.6 is 11.8 Å². The number of nitriles is 1. The van der Waals surface area contributed by atoms with Crippen LogP contribution in [0, 0.1) is 17.1 Å². The van der Waals surface area contributed by atoms with Crippen LogP contribution in [-0.2, 0) is 30.2 Å². The van der Waals surface area contributed by atoms with Gasteiger partial charge in [0, 0.05) is 13.1 Å². The largest absolute Gasteiger partial charge is 0.332 e. The molecule has 0 saturated carbocycles.